The van der Waals surface area contributed by atoms with Crippen LogP contribution >= 0.6 is 24.0 Å². The fraction of sp³-hybridized carbons (Fsp3) is 0.400. The Morgan fingerprint density at radius 2 is 1.81 bits per heavy atom. The fourth-order valence-corrected chi connectivity index (χ4v) is 4.35. The number of thiocarbonyl (C=S) groups is 1. The molecule has 0 bridgehead atoms. The number of carbonyl (C=O) groups is 1. The molecule has 3 rings (SSSR count). The van der Waals surface area contributed by atoms with Crippen molar-refractivity contribution in [1.82, 2.24) is 16.2 Å². The van der Waals surface area contributed by atoms with Crippen molar-refractivity contribution in [2.75, 3.05) is 5.75 Å². The largest absolute Gasteiger partial charge is 0.359 e. The minimum Gasteiger partial charge on any atom is -0.359 e. The second-order valence-corrected chi connectivity index (χ2v) is 8.01. The molecule has 0 spiro atoms. The van der Waals surface area contributed by atoms with Crippen LogP contribution in [-0.2, 0) is 10.5 Å². The summed E-state index contributed by atoms with van der Waals surface area (Å²) in [6.07, 6.45) is 6.10. The summed E-state index contributed by atoms with van der Waals surface area (Å²) in [4.78, 5) is 12.0. The van der Waals surface area contributed by atoms with Gasteiger partial charge in [-0.3, -0.25) is 15.6 Å². The van der Waals surface area contributed by atoms with Gasteiger partial charge in [-0.1, -0.05) is 61.7 Å². The van der Waals surface area contributed by atoms with E-state index < -0.39 is 0 Å². The molecule has 0 unspecified atom stereocenters. The number of hydrogen-bond acceptors (Lipinski definition) is 3. The Balaban J connectivity index is 1.38. The number of amides is 1. The van der Waals surface area contributed by atoms with Gasteiger partial charge < -0.3 is 5.32 Å². The Morgan fingerprint density at radius 3 is 2.65 bits per heavy atom. The molecule has 1 aliphatic carbocycles. The highest BCUT2D eigenvalue weighted by Crippen LogP contribution is 2.22. The number of benzene rings is 2. The molecule has 1 aliphatic rings. The van der Waals surface area contributed by atoms with E-state index in [1.165, 1.54) is 35.6 Å². The molecule has 26 heavy (non-hydrogen) atoms. The lowest BCUT2D eigenvalue weighted by Crippen LogP contribution is -2.50. The van der Waals surface area contributed by atoms with Gasteiger partial charge in [0.05, 0.1) is 5.75 Å². The van der Waals surface area contributed by atoms with Gasteiger partial charge in [0.25, 0.3) is 0 Å². The van der Waals surface area contributed by atoms with Gasteiger partial charge in [0.2, 0.25) is 5.91 Å². The van der Waals surface area contributed by atoms with Crippen molar-refractivity contribution in [3.05, 3.63) is 48.0 Å². The Bertz CT molecular complexity index is 754. The lowest BCUT2D eigenvalue weighted by molar-refractivity contribution is -0.119. The van der Waals surface area contributed by atoms with E-state index in [4.69, 9.17) is 12.2 Å². The van der Waals surface area contributed by atoms with Crippen molar-refractivity contribution < 1.29 is 4.79 Å². The molecule has 0 radical (unpaired) electrons. The van der Waals surface area contributed by atoms with Gasteiger partial charge >= 0.3 is 0 Å². The van der Waals surface area contributed by atoms with Crippen molar-refractivity contribution in [2.24, 2.45) is 0 Å². The van der Waals surface area contributed by atoms with Crippen molar-refractivity contribution in [2.45, 2.75) is 43.9 Å². The van der Waals surface area contributed by atoms with Crippen LogP contribution in [0, 0.1) is 0 Å². The molecule has 4 nitrogen and oxygen atoms in total. The molecule has 2 aromatic carbocycles. The summed E-state index contributed by atoms with van der Waals surface area (Å²) in [6.45, 7) is 0. The average Bonchev–Trinajstić information content (AvgIpc) is 2.67. The zero-order chi connectivity index (χ0) is 18.2. The standard InChI is InChI=1S/C20H25N3OS2/c24-19(22-23-20(25)21-17-10-2-1-3-11-17)14-26-13-16-9-6-8-15-7-4-5-12-18(15)16/h4-9,12,17H,1-3,10-11,13-14H2,(H,22,24)(H2,21,23,25). The maximum absolute atomic E-state index is 12.0. The first-order chi connectivity index (χ1) is 12.7. The van der Waals surface area contributed by atoms with Gasteiger partial charge in [-0.05, 0) is 41.4 Å². The average molecular weight is 388 g/mol. The van der Waals surface area contributed by atoms with Crippen molar-refractivity contribution in [3.63, 3.8) is 0 Å². The zero-order valence-corrected chi connectivity index (χ0v) is 16.4. The summed E-state index contributed by atoms with van der Waals surface area (Å²) in [5, 5.41) is 6.26. The monoisotopic (exact) mass is 387 g/mol. The van der Waals surface area contributed by atoms with Gasteiger partial charge in [0, 0.05) is 11.8 Å². The van der Waals surface area contributed by atoms with Crippen LogP contribution < -0.4 is 16.2 Å². The van der Waals surface area contributed by atoms with Crippen molar-refractivity contribution in [3.8, 4) is 0 Å². The van der Waals surface area contributed by atoms with E-state index in [0.717, 1.165) is 18.6 Å². The predicted molar refractivity (Wildman–Crippen MR) is 114 cm³/mol. The van der Waals surface area contributed by atoms with Crippen LogP contribution in [0.4, 0.5) is 0 Å². The predicted octanol–water partition coefficient (Wildman–Crippen LogP) is 3.90. The summed E-state index contributed by atoms with van der Waals surface area (Å²) in [6, 6.07) is 15.1. The first-order valence-corrected chi connectivity index (χ1v) is 10.7. The first-order valence-electron chi connectivity index (χ1n) is 9.12. The SMILES string of the molecule is O=C(CSCc1cccc2ccccc12)NNC(=S)NC1CCCCC1. The number of hydrogen-bond donors (Lipinski definition) is 3. The molecule has 0 atom stereocenters. The minimum absolute atomic E-state index is 0.0666. The number of carbonyl (C=O) groups excluding carboxylic acids is 1. The summed E-state index contributed by atoms with van der Waals surface area (Å²) >= 11 is 6.85. The van der Waals surface area contributed by atoms with E-state index in [-0.39, 0.29) is 5.91 Å². The number of fused-ring (bicyclic) bond motifs is 1. The highest BCUT2D eigenvalue weighted by molar-refractivity contribution is 7.99. The summed E-state index contributed by atoms with van der Waals surface area (Å²) < 4.78 is 0. The molecule has 1 saturated carbocycles. The van der Waals surface area contributed by atoms with Gasteiger partial charge in [0.15, 0.2) is 5.11 Å². The van der Waals surface area contributed by atoms with Crippen LogP contribution in [0.1, 0.15) is 37.7 Å². The maximum Gasteiger partial charge on any atom is 0.248 e. The van der Waals surface area contributed by atoms with Gasteiger partial charge in [-0.15, -0.1) is 11.8 Å². The van der Waals surface area contributed by atoms with Crippen LogP contribution in [0.5, 0.6) is 0 Å². The highest BCUT2D eigenvalue weighted by atomic mass is 32.2. The number of rotatable bonds is 5. The normalized spacial score (nSPS) is 14.8. The third-order valence-corrected chi connectivity index (χ3v) is 5.83. The smallest absolute Gasteiger partial charge is 0.248 e. The number of hydrazine groups is 1. The van der Waals surface area contributed by atoms with Crippen LogP contribution in [0.2, 0.25) is 0 Å². The van der Waals surface area contributed by atoms with E-state index in [1.54, 1.807) is 11.8 Å². The second-order valence-electron chi connectivity index (χ2n) is 6.61. The molecule has 0 aliphatic heterocycles. The molecule has 0 heterocycles. The molecule has 138 valence electrons. The summed E-state index contributed by atoms with van der Waals surface area (Å²) in [5.74, 6) is 1.13. The van der Waals surface area contributed by atoms with E-state index in [9.17, 15) is 4.79 Å². The third kappa shape index (κ3) is 5.61. The van der Waals surface area contributed by atoms with E-state index in [1.807, 2.05) is 12.1 Å². The lowest BCUT2D eigenvalue weighted by Gasteiger charge is -2.24. The molecule has 1 fully saturated rings. The van der Waals surface area contributed by atoms with Crippen LogP contribution in [0.3, 0.4) is 0 Å². The van der Waals surface area contributed by atoms with Gasteiger partial charge in [-0.2, -0.15) is 0 Å². The lowest BCUT2D eigenvalue weighted by atomic mass is 9.96. The van der Waals surface area contributed by atoms with Gasteiger partial charge in [-0.25, -0.2) is 0 Å². The third-order valence-electron chi connectivity index (χ3n) is 4.63. The van der Waals surface area contributed by atoms with Gasteiger partial charge in [0.1, 0.15) is 0 Å². The molecule has 2 aromatic rings. The molecule has 1 amide bonds. The topological polar surface area (TPSA) is 53.2 Å². The second kappa shape index (κ2) is 9.78. The van der Waals surface area contributed by atoms with E-state index in [0.29, 0.717) is 16.9 Å². The van der Waals surface area contributed by atoms with Crippen molar-refractivity contribution in [1.29, 1.82) is 0 Å². The van der Waals surface area contributed by atoms with Crippen LogP contribution in [-0.4, -0.2) is 22.8 Å². The number of thioether (sulfide) groups is 1. The Hall–Kier alpha value is -1.79. The Morgan fingerprint density at radius 1 is 1.04 bits per heavy atom. The first kappa shape index (κ1) is 19.0. The minimum atomic E-state index is -0.0666. The van der Waals surface area contributed by atoms with Crippen molar-refractivity contribution >= 4 is 45.8 Å². The Labute approximate surface area is 164 Å². The molecule has 0 aromatic heterocycles. The number of nitrogens with one attached hydrogen (secondary N) is 3. The Kier molecular flexibility index (Phi) is 7.14. The molecular formula is C20H25N3OS2. The van der Waals surface area contributed by atoms with Crippen LogP contribution in [0.15, 0.2) is 42.5 Å². The zero-order valence-electron chi connectivity index (χ0n) is 14.8. The highest BCUT2D eigenvalue weighted by Gasteiger charge is 2.14. The van der Waals surface area contributed by atoms with Crippen LogP contribution in [0.25, 0.3) is 10.8 Å². The quantitative estimate of drug-likeness (QED) is 0.537. The fourth-order valence-electron chi connectivity index (χ4n) is 3.30. The maximum atomic E-state index is 12.0. The molecular weight excluding hydrogens is 362 g/mol. The summed E-state index contributed by atoms with van der Waals surface area (Å²) in [7, 11) is 0. The van der Waals surface area contributed by atoms with E-state index in [2.05, 4.69) is 46.5 Å². The molecule has 6 heteroatoms. The molecule has 3 N–H and O–H groups in total. The van der Waals surface area contributed by atoms with E-state index >= 15 is 0 Å². The molecule has 0 saturated heterocycles. The summed E-state index contributed by atoms with van der Waals surface area (Å²) in [5.41, 5.74) is 6.75.